The molecule has 2 aromatic heterocycles. The van der Waals surface area contributed by atoms with Gasteiger partial charge < -0.3 is 0 Å². The van der Waals surface area contributed by atoms with Gasteiger partial charge in [0.1, 0.15) is 0 Å². The number of hydrogen-bond acceptors (Lipinski definition) is 2. The largest absolute Gasteiger partial charge is 0.255 e. The van der Waals surface area contributed by atoms with Crippen LogP contribution in [0.25, 0.3) is 11.4 Å². The van der Waals surface area contributed by atoms with Crippen LogP contribution < -0.4 is 10.4 Å². The Bertz CT molecular complexity index is 505. The predicted octanol–water partition coefficient (Wildman–Crippen LogP) is 3.63. The molecule has 2 rings (SSSR count). The number of nitrogens with zero attached hydrogens (tertiary/aromatic N) is 2. The molecule has 2 aromatic rings. The van der Waals surface area contributed by atoms with E-state index in [4.69, 9.17) is 0 Å². The van der Waals surface area contributed by atoms with E-state index in [0.29, 0.717) is 0 Å². The van der Waals surface area contributed by atoms with E-state index in [1.54, 1.807) is 0 Å². The third kappa shape index (κ3) is 3.93. The molecule has 0 fully saturated rings. The van der Waals surface area contributed by atoms with Gasteiger partial charge in [0.2, 0.25) is 0 Å². The second kappa shape index (κ2) is 8.39. The highest BCUT2D eigenvalue weighted by atomic mass is 28.3. The summed E-state index contributed by atoms with van der Waals surface area (Å²) in [6, 6.07) is 13.9. The van der Waals surface area contributed by atoms with E-state index in [1.807, 2.05) is 0 Å². The first-order valence-corrected chi connectivity index (χ1v) is 12.2. The van der Waals surface area contributed by atoms with Crippen LogP contribution in [0.3, 0.4) is 0 Å². The first-order valence-electron chi connectivity index (χ1n) is 8.35. The Kier molecular flexibility index (Phi) is 6.52. The van der Waals surface area contributed by atoms with Crippen molar-refractivity contribution in [2.24, 2.45) is 0 Å². The molecule has 0 aliphatic carbocycles. The summed E-state index contributed by atoms with van der Waals surface area (Å²) in [5.41, 5.74) is 1.98. The Labute approximate surface area is 138 Å². The molecule has 0 unspecified atom stereocenters. The zero-order chi connectivity index (χ0) is 15.9. The molecule has 0 N–H and O–H groups in total. The molecule has 0 atom stereocenters. The molecule has 22 heavy (non-hydrogen) atoms. The molecule has 0 aliphatic rings. The van der Waals surface area contributed by atoms with Crippen molar-refractivity contribution in [3.05, 3.63) is 36.7 Å². The van der Waals surface area contributed by atoms with Gasteiger partial charge in [-0.05, 0) is 22.5 Å². The van der Waals surface area contributed by atoms with Crippen molar-refractivity contribution in [1.29, 1.82) is 0 Å². The lowest BCUT2D eigenvalue weighted by Gasteiger charge is -2.12. The molecule has 0 saturated heterocycles. The minimum absolute atomic E-state index is 0.402. The molecule has 0 bridgehead atoms. The first kappa shape index (κ1) is 17.1. The van der Waals surface area contributed by atoms with Gasteiger partial charge in [-0.2, -0.15) is 0 Å². The number of pyridine rings is 2. The molecule has 0 spiro atoms. The van der Waals surface area contributed by atoms with Crippen molar-refractivity contribution < 1.29 is 0 Å². The van der Waals surface area contributed by atoms with Gasteiger partial charge in [-0.25, -0.2) is 0 Å². The van der Waals surface area contributed by atoms with Crippen molar-refractivity contribution in [1.82, 2.24) is 9.97 Å². The van der Waals surface area contributed by atoms with Crippen LogP contribution in [0.1, 0.15) is 27.7 Å². The Morgan fingerprint density at radius 2 is 1.00 bits per heavy atom. The maximum absolute atomic E-state index is 4.65. The molecule has 0 aromatic carbocycles. The summed E-state index contributed by atoms with van der Waals surface area (Å²) in [6.07, 6.45) is 4.14. The highest BCUT2D eigenvalue weighted by Crippen LogP contribution is 2.12. The van der Waals surface area contributed by atoms with E-state index in [-0.39, 0.29) is 0 Å². The summed E-state index contributed by atoms with van der Waals surface area (Å²) in [5, 5.41) is 2.88. The fourth-order valence-corrected chi connectivity index (χ4v) is 6.59. The van der Waals surface area contributed by atoms with Gasteiger partial charge in [0, 0.05) is 12.4 Å². The Morgan fingerprint density at radius 1 is 0.636 bits per heavy atom. The van der Waals surface area contributed by atoms with Crippen molar-refractivity contribution in [3.63, 3.8) is 0 Å². The van der Waals surface area contributed by atoms with Crippen molar-refractivity contribution >= 4 is 28.0 Å². The zero-order valence-corrected chi connectivity index (χ0v) is 16.2. The fraction of sp³-hybridized carbons (Fsp3) is 0.444. The highest BCUT2D eigenvalue weighted by Gasteiger charge is 2.12. The van der Waals surface area contributed by atoms with Crippen LogP contribution in [0, 0.1) is 0 Å². The lowest BCUT2D eigenvalue weighted by Crippen LogP contribution is -2.29. The summed E-state index contributed by atoms with van der Waals surface area (Å²) in [7, 11) is -0.804. The molecular weight excluding hydrogens is 300 g/mol. The van der Waals surface area contributed by atoms with Crippen molar-refractivity contribution in [2.75, 3.05) is 0 Å². The van der Waals surface area contributed by atoms with E-state index in [0.717, 1.165) is 11.4 Å². The Balaban J connectivity index is 2.18. The SMILES string of the molecule is CC[Si](CC)c1ccc(-c2ccc([Si](CC)CC)cn2)nc1. The van der Waals surface area contributed by atoms with Gasteiger partial charge in [0.05, 0.1) is 29.0 Å². The van der Waals surface area contributed by atoms with Crippen LogP contribution in [0.15, 0.2) is 36.7 Å². The van der Waals surface area contributed by atoms with Crippen LogP contribution in [0.5, 0.6) is 0 Å². The topological polar surface area (TPSA) is 25.8 Å². The van der Waals surface area contributed by atoms with Gasteiger partial charge in [0.15, 0.2) is 0 Å². The molecule has 0 amide bonds. The third-order valence-electron chi connectivity index (χ3n) is 4.31. The van der Waals surface area contributed by atoms with E-state index in [1.165, 1.54) is 34.5 Å². The Morgan fingerprint density at radius 3 is 1.23 bits per heavy atom. The summed E-state index contributed by atoms with van der Waals surface area (Å²) < 4.78 is 0. The molecule has 2 heterocycles. The lowest BCUT2D eigenvalue weighted by atomic mass is 10.2. The minimum Gasteiger partial charge on any atom is -0.255 e. The van der Waals surface area contributed by atoms with E-state index in [9.17, 15) is 0 Å². The zero-order valence-electron chi connectivity index (χ0n) is 14.2. The average molecular weight is 327 g/mol. The van der Waals surface area contributed by atoms with E-state index < -0.39 is 17.6 Å². The summed E-state index contributed by atoms with van der Waals surface area (Å²) in [6.45, 7) is 9.14. The fourth-order valence-electron chi connectivity index (χ4n) is 2.83. The molecule has 116 valence electrons. The lowest BCUT2D eigenvalue weighted by molar-refractivity contribution is 1.25. The van der Waals surface area contributed by atoms with Gasteiger partial charge in [-0.15, -0.1) is 0 Å². The highest BCUT2D eigenvalue weighted by molar-refractivity contribution is 6.73. The quantitative estimate of drug-likeness (QED) is 0.726. The van der Waals surface area contributed by atoms with Crippen molar-refractivity contribution in [3.8, 4) is 11.4 Å². The predicted molar refractivity (Wildman–Crippen MR) is 100 cm³/mol. The maximum atomic E-state index is 4.65. The van der Waals surface area contributed by atoms with Crippen molar-refractivity contribution in [2.45, 2.75) is 51.9 Å². The first-order chi connectivity index (χ1) is 10.7. The van der Waals surface area contributed by atoms with Crippen LogP contribution in [0.4, 0.5) is 0 Å². The van der Waals surface area contributed by atoms with Crippen LogP contribution in [0.2, 0.25) is 24.2 Å². The van der Waals surface area contributed by atoms with Gasteiger partial charge in [-0.3, -0.25) is 9.97 Å². The standard InChI is InChI=1S/C18H26N2Si2/c1-5-21(6-2)15-9-11-17(19-13-15)18-12-10-16(14-20-18)22(7-3)8-4/h9-14H,5-8H2,1-4H3. The van der Waals surface area contributed by atoms with E-state index >= 15 is 0 Å². The second-order valence-electron chi connectivity index (χ2n) is 5.49. The molecule has 0 aliphatic heterocycles. The minimum atomic E-state index is -0.402. The number of hydrogen-bond donors (Lipinski definition) is 0. The molecule has 4 heteroatoms. The van der Waals surface area contributed by atoms with Gasteiger partial charge in [0.25, 0.3) is 0 Å². The monoisotopic (exact) mass is 326 g/mol. The molecule has 0 saturated carbocycles. The molecule has 2 radical (unpaired) electrons. The second-order valence-corrected chi connectivity index (χ2v) is 11.9. The van der Waals surface area contributed by atoms with Crippen LogP contribution in [-0.4, -0.2) is 27.6 Å². The number of aromatic nitrogens is 2. The Hall–Kier alpha value is -1.27. The van der Waals surface area contributed by atoms with Gasteiger partial charge in [-0.1, -0.05) is 64.0 Å². The summed E-state index contributed by atoms with van der Waals surface area (Å²) in [5.74, 6) is 0. The maximum Gasteiger partial charge on any atom is 0.0885 e. The normalized spacial score (nSPS) is 11.4. The smallest absolute Gasteiger partial charge is 0.0885 e. The number of rotatable bonds is 7. The van der Waals surface area contributed by atoms with E-state index in [2.05, 4.69) is 74.3 Å². The summed E-state index contributed by atoms with van der Waals surface area (Å²) >= 11 is 0. The van der Waals surface area contributed by atoms with Crippen LogP contribution >= 0.6 is 0 Å². The average Bonchev–Trinajstić information content (AvgIpc) is 2.58. The third-order valence-corrected chi connectivity index (χ3v) is 9.95. The van der Waals surface area contributed by atoms with Gasteiger partial charge >= 0.3 is 0 Å². The van der Waals surface area contributed by atoms with Crippen LogP contribution in [-0.2, 0) is 0 Å². The molecule has 2 nitrogen and oxygen atoms in total. The molecular formula is C18H26N2Si2. The summed E-state index contributed by atoms with van der Waals surface area (Å²) in [4.78, 5) is 9.30.